The van der Waals surface area contributed by atoms with Crippen LogP contribution in [-0.4, -0.2) is 32.6 Å². The number of benzene rings is 2. The molecule has 6 heteroatoms. The van der Waals surface area contributed by atoms with Gasteiger partial charge in [-0.3, -0.25) is 4.79 Å². The van der Waals surface area contributed by atoms with Gasteiger partial charge in [-0.1, -0.05) is 29.8 Å². The van der Waals surface area contributed by atoms with Gasteiger partial charge in [0, 0.05) is 18.7 Å². The van der Waals surface area contributed by atoms with Crippen molar-refractivity contribution in [1.29, 1.82) is 0 Å². The molecule has 0 fully saturated rings. The van der Waals surface area contributed by atoms with Gasteiger partial charge in [0.25, 0.3) is 5.91 Å². The second-order valence-electron chi connectivity index (χ2n) is 5.60. The maximum absolute atomic E-state index is 12.4. The van der Waals surface area contributed by atoms with Gasteiger partial charge in [-0.2, -0.15) is 0 Å². The predicted octanol–water partition coefficient (Wildman–Crippen LogP) is 2.08. The Hall–Kier alpha value is -2.18. The number of aliphatic hydroxyl groups excluding tert-OH is 1. The van der Waals surface area contributed by atoms with Crippen LogP contribution < -0.4 is 5.32 Å². The largest absolute Gasteiger partial charge is 0.396 e. The van der Waals surface area contributed by atoms with E-state index in [2.05, 4.69) is 5.32 Å². The Morgan fingerprint density at radius 1 is 1.04 bits per heavy atom. The fourth-order valence-electron chi connectivity index (χ4n) is 2.18. The highest BCUT2D eigenvalue weighted by atomic mass is 32.2. The standard InChI is InChI=1S/C18H21NO4S/c1-14-3-9-17(10-4-14)24(22,23)13-15-5-7-16(8-6-15)18(21)19-11-2-12-20/h3-10,20H,2,11-13H2,1H3,(H,19,21). The third-order valence-corrected chi connectivity index (χ3v) is 5.28. The third-order valence-electron chi connectivity index (χ3n) is 3.57. The summed E-state index contributed by atoms with van der Waals surface area (Å²) in [6.07, 6.45) is 0.499. The van der Waals surface area contributed by atoms with E-state index in [0.29, 0.717) is 29.0 Å². The lowest BCUT2D eigenvalue weighted by Gasteiger charge is -2.07. The summed E-state index contributed by atoms with van der Waals surface area (Å²) < 4.78 is 24.8. The van der Waals surface area contributed by atoms with Crippen molar-refractivity contribution in [3.8, 4) is 0 Å². The van der Waals surface area contributed by atoms with Crippen LogP contribution in [-0.2, 0) is 15.6 Å². The van der Waals surface area contributed by atoms with Gasteiger partial charge in [0.2, 0.25) is 0 Å². The van der Waals surface area contributed by atoms with Gasteiger partial charge in [-0.15, -0.1) is 0 Å². The first kappa shape index (κ1) is 18.2. The van der Waals surface area contributed by atoms with Crippen molar-refractivity contribution in [3.63, 3.8) is 0 Å². The summed E-state index contributed by atoms with van der Waals surface area (Å²) in [5.41, 5.74) is 2.09. The molecule has 0 aliphatic carbocycles. The number of sulfone groups is 1. The fourth-order valence-corrected chi connectivity index (χ4v) is 3.53. The maximum atomic E-state index is 12.4. The van der Waals surface area contributed by atoms with Gasteiger partial charge in [-0.25, -0.2) is 8.42 Å². The quantitative estimate of drug-likeness (QED) is 0.751. The molecule has 0 aromatic heterocycles. The molecular formula is C18H21NO4S. The molecule has 2 N–H and O–H groups in total. The third kappa shape index (κ3) is 4.91. The van der Waals surface area contributed by atoms with Crippen molar-refractivity contribution in [2.75, 3.05) is 13.2 Å². The molecule has 0 saturated carbocycles. The van der Waals surface area contributed by atoms with E-state index < -0.39 is 9.84 Å². The average Bonchev–Trinajstić information content (AvgIpc) is 2.55. The highest BCUT2D eigenvalue weighted by Crippen LogP contribution is 2.17. The summed E-state index contributed by atoms with van der Waals surface area (Å²) >= 11 is 0. The van der Waals surface area contributed by atoms with Crippen LogP contribution in [0, 0.1) is 6.92 Å². The summed E-state index contributed by atoms with van der Waals surface area (Å²) in [5.74, 6) is -0.348. The predicted molar refractivity (Wildman–Crippen MR) is 92.5 cm³/mol. The van der Waals surface area contributed by atoms with Crippen LogP contribution in [0.4, 0.5) is 0 Å². The highest BCUT2D eigenvalue weighted by Gasteiger charge is 2.15. The topological polar surface area (TPSA) is 83.5 Å². The van der Waals surface area contributed by atoms with E-state index >= 15 is 0 Å². The van der Waals surface area contributed by atoms with Crippen LogP contribution in [0.15, 0.2) is 53.4 Å². The molecule has 0 aliphatic heterocycles. The minimum Gasteiger partial charge on any atom is -0.396 e. The average molecular weight is 347 g/mol. The monoisotopic (exact) mass is 347 g/mol. The van der Waals surface area contributed by atoms with Gasteiger partial charge < -0.3 is 10.4 Å². The molecule has 0 radical (unpaired) electrons. The van der Waals surface area contributed by atoms with Crippen LogP contribution >= 0.6 is 0 Å². The molecule has 0 aliphatic rings. The number of rotatable bonds is 7. The molecule has 0 bridgehead atoms. The summed E-state index contributed by atoms with van der Waals surface area (Å²) in [4.78, 5) is 12.1. The summed E-state index contributed by atoms with van der Waals surface area (Å²) in [5, 5.41) is 11.4. The minimum atomic E-state index is -3.41. The van der Waals surface area contributed by atoms with Gasteiger partial charge in [-0.05, 0) is 43.2 Å². The van der Waals surface area contributed by atoms with Crippen molar-refractivity contribution in [2.45, 2.75) is 24.0 Å². The molecule has 2 aromatic rings. The summed E-state index contributed by atoms with van der Waals surface area (Å²) in [6, 6.07) is 13.3. The molecule has 0 spiro atoms. The second-order valence-corrected chi connectivity index (χ2v) is 7.59. The zero-order chi connectivity index (χ0) is 17.6. The van der Waals surface area contributed by atoms with Crippen LogP contribution in [0.1, 0.15) is 27.9 Å². The van der Waals surface area contributed by atoms with E-state index in [9.17, 15) is 13.2 Å². The lowest BCUT2D eigenvalue weighted by atomic mass is 10.1. The Bertz CT molecular complexity index is 781. The first-order valence-electron chi connectivity index (χ1n) is 7.70. The zero-order valence-corrected chi connectivity index (χ0v) is 14.3. The van der Waals surface area contributed by atoms with E-state index in [-0.39, 0.29) is 18.3 Å². The number of aryl methyl sites for hydroxylation is 1. The molecule has 2 aromatic carbocycles. The maximum Gasteiger partial charge on any atom is 0.251 e. The Morgan fingerprint density at radius 3 is 2.25 bits per heavy atom. The SMILES string of the molecule is Cc1ccc(S(=O)(=O)Cc2ccc(C(=O)NCCCO)cc2)cc1. The van der Waals surface area contributed by atoms with Crippen molar-refractivity contribution in [1.82, 2.24) is 5.32 Å². The molecule has 0 saturated heterocycles. The lowest BCUT2D eigenvalue weighted by Crippen LogP contribution is -2.24. The van der Waals surface area contributed by atoms with Gasteiger partial charge in [0.1, 0.15) is 0 Å². The first-order valence-corrected chi connectivity index (χ1v) is 9.35. The van der Waals surface area contributed by atoms with E-state index in [1.165, 1.54) is 0 Å². The number of carbonyl (C=O) groups is 1. The smallest absolute Gasteiger partial charge is 0.251 e. The number of nitrogens with one attached hydrogen (secondary N) is 1. The van der Waals surface area contributed by atoms with E-state index in [1.807, 2.05) is 6.92 Å². The number of aliphatic hydroxyl groups is 1. The molecule has 128 valence electrons. The van der Waals surface area contributed by atoms with E-state index in [4.69, 9.17) is 5.11 Å². The molecular weight excluding hydrogens is 326 g/mol. The Kier molecular flexibility index (Phi) is 6.11. The van der Waals surface area contributed by atoms with Gasteiger partial charge >= 0.3 is 0 Å². The van der Waals surface area contributed by atoms with E-state index in [0.717, 1.165) is 5.56 Å². The minimum absolute atomic E-state index is 0.0239. The molecule has 0 atom stereocenters. The summed E-state index contributed by atoms with van der Waals surface area (Å²) in [6.45, 7) is 2.33. The van der Waals surface area contributed by atoms with Crippen molar-refractivity contribution >= 4 is 15.7 Å². The van der Waals surface area contributed by atoms with Crippen molar-refractivity contribution < 1.29 is 18.3 Å². The Balaban J connectivity index is 2.05. The number of hydrogen-bond donors (Lipinski definition) is 2. The van der Waals surface area contributed by atoms with Crippen LogP contribution in [0.3, 0.4) is 0 Å². The van der Waals surface area contributed by atoms with Crippen LogP contribution in [0.2, 0.25) is 0 Å². The van der Waals surface area contributed by atoms with Crippen molar-refractivity contribution in [2.24, 2.45) is 0 Å². The first-order chi connectivity index (χ1) is 11.4. The molecule has 24 heavy (non-hydrogen) atoms. The Labute approximate surface area is 142 Å². The van der Waals surface area contributed by atoms with Gasteiger partial charge in [0.15, 0.2) is 9.84 Å². The summed E-state index contributed by atoms with van der Waals surface area (Å²) in [7, 11) is -3.41. The second kappa shape index (κ2) is 8.08. The normalized spacial score (nSPS) is 11.2. The van der Waals surface area contributed by atoms with Crippen LogP contribution in [0.5, 0.6) is 0 Å². The molecule has 5 nitrogen and oxygen atoms in total. The number of amides is 1. The molecule has 2 rings (SSSR count). The van der Waals surface area contributed by atoms with Gasteiger partial charge in [0.05, 0.1) is 10.6 Å². The van der Waals surface area contributed by atoms with Crippen LogP contribution in [0.25, 0.3) is 0 Å². The van der Waals surface area contributed by atoms with Crippen molar-refractivity contribution in [3.05, 3.63) is 65.2 Å². The molecule has 0 unspecified atom stereocenters. The number of hydrogen-bond acceptors (Lipinski definition) is 4. The lowest BCUT2D eigenvalue weighted by molar-refractivity contribution is 0.0951. The number of carbonyl (C=O) groups excluding carboxylic acids is 1. The molecule has 1 amide bonds. The fraction of sp³-hybridized carbons (Fsp3) is 0.278. The zero-order valence-electron chi connectivity index (χ0n) is 13.5. The highest BCUT2D eigenvalue weighted by molar-refractivity contribution is 7.90. The molecule has 0 heterocycles. The Morgan fingerprint density at radius 2 is 1.67 bits per heavy atom. The van der Waals surface area contributed by atoms with E-state index in [1.54, 1.807) is 48.5 Å².